The first kappa shape index (κ1) is 8.23. The Morgan fingerprint density at radius 2 is 1.88 bits per heavy atom. The molecule has 0 spiro atoms. The molecule has 0 amide bonds. The Morgan fingerprint density at radius 3 is 1.88 bits per heavy atom. The molecular formula is C4H13NO2S. The summed E-state index contributed by atoms with van der Waals surface area (Å²) in [4.78, 5) is 0. The Labute approximate surface area is 51.8 Å². The van der Waals surface area contributed by atoms with Crippen molar-refractivity contribution in [3.8, 4) is 0 Å². The SMILES string of the molecule is CCN(C)S(C)(O)O. The van der Waals surface area contributed by atoms with Gasteiger partial charge in [0.05, 0.1) is 0 Å². The molecule has 0 aliphatic rings. The standard InChI is InChI=1S/C4H13NO2S/c1-4-5(2)8(3,6)7/h6-7H,4H2,1-3H3. The maximum Gasteiger partial charge on any atom is 0.0418 e. The van der Waals surface area contributed by atoms with Gasteiger partial charge in [0.2, 0.25) is 0 Å². The fourth-order valence-electron chi connectivity index (χ4n) is 0.245. The Morgan fingerprint density at radius 1 is 1.50 bits per heavy atom. The van der Waals surface area contributed by atoms with Gasteiger partial charge in [-0.1, -0.05) is 6.92 Å². The molecular weight excluding hydrogens is 126 g/mol. The van der Waals surface area contributed by atoms with Crippen molar-refractivity contribution in [2.45, 2.75) is 6.92 Å². The largest absolute Gasteiger partial charge is 0.286 e. The summed E-state index contributed by atoms with van der Waals surface area (Å²) in [7, 11) is -0.744. The molecule has 4 heteroatoms. The first-order valence-corrected chi connectivity index (χ1v) is 4.34. The number of hydrogen-bond donors (Lipinski definition) is 2. The zero-order chi connectivity index (χ0) is 6.78. The van der Waals surface area contributed by atoms with Crippen LogP contribution in [-0.2, 0) is 0 Å². The topological polar surface area (TPSA) is 43.7 Å². The second kappa shape index (κ2) is 2.68. The molecule has 0 saturated carbocycles. The molecule has 0 fully saturated rings. The minimum atomic E-state index is -2.42. The van der Waals surface area contributed by atoms with E-state index in [2.05, 4.69) is 0 Å². The lowest BCUT2D eigenvalue weighted by atomic mass is 10.8. The summed E-state index contributed by atoms with van der Waals surface area (Å²) in [6.45, 7) is 2.54. The molecule has 0 heterocycles. The summed E-state index contributed by atoms with van der Waals surface area (Å²) in [5.74, 6) is 0. The van der Waals surface area contributed by atoms with Crippen molar-refractivity contribution in [2.75, 3.05) is 19.8 Å². The normalized spacial score (nSPS) is 14.8. The van der Waals surface area contributed by atoms with Crippen LogP contribution in [0.1, 0.15) is 6.92 Å². The molecule has 8 heavy (non-hydrogen) atoms. The van der Waals surface area contributed by atoms with Crippen LogP contribution in [0.25, 0.3) is 0 Å². The third-order valence-corrected chi connectivity index (χ3v) is 2.47. The maximum absolute atomic E-state index is 8.85. The Kier molecular flexibility index (Phi) is 2.76. The van der Waals surface area contributed by atoms with Gasteiger partial charge in [-0.05, 0) is 0 Å². The number of nitrogens with zero attached hydrogens (tertiary/aromatic N) is 1. The van der Waals surface area contributed by atoms with Gasteiger partial charge in [-0.15, -0.1) is 10.8 Å². The van der Waals surface area contributed by atoms with Crippen LogP contribution in [0.15, 0.2) is 0 Å². The molecule has 0 atom stereocenters. The van der Waals surface area contributed by atoms with E-state index in [-0.39, 0.29) is 0 Å². The molecule has 0 saturated heterocycles. The van der Waals surface area contributed by atoms with Gasteiger partial charge in [0.15, 0.2) is 0 Å². The molecule has 3 nitrogen and oxygen atoms in total. The number of rotatable bonds is 2. The van der Waals surface area contributed by atoms with Crippen molar-refractivity contribution in [3.05, 3.63) is 0 Å². The van der Waals surface area contributed by atoms with Gasteiger partial charge in [0, 0.05) is 19.8 Å². The first-order chi connectivity index (χ1) is 3.48. The number of hydrogen-bond acceptors (Lipinski definition) is 3. The van der Waals surface area contributed by atoms with E-state index in [1.165, 1.54) is 10.6 Å². The van der Waals surface area contributed by atoms with E-state index in [1.807, 2.05) is 6.92 Å². The summed E-state index contributed by atoms with van der Waals surface area (Å²) in [6, 6.07) is 0. The highest BCUT2D eigenvalue weighted by Crippen LogP contribution is 2.35. The van der Waals surface area contributed by atoms with Crippen LogP contribution in [0.2, 0.25) is 0 Å². The van der Waals surface area contributed by atoms with E-state index in [1.54, 1.807) is 7.05 Å². The predicted molar refractivity (Wildman–Crippen MR) is 37.1 cm³/mol. The molecule has 0 aromatic rings. The van der Waals surface area contributed by atoms with Gasteiger partial charge in [-0.2, -0.15) is 0 Å². The first-order valence-electron chi connectivity index (χ1n) is 2.43. The van der Waals surface area contributed by atoms with Crippen molar-refractivity contribution in [1.29, 1.82) is 0 Å². The van der Waals surface area contributed by atoms with E-state index >= 15 is 0 Å². The fourth-order valence-corrected chi connectivity index (χ4v) is 0.734. The highest BCUT2D eigenvalue weighted by molar-refractivity contribution is 8.21. The van der Waals surface area contributed by atoms with Crippen LogP contribution in [0.4, 0.5) is 0 Å². The van der Waals surface area contributed by atoms with Gasteiger partial charge in [-0.25, -0.2) is 4.31 Å². The Balaban J connectivity index is 3.62. The highest BCUT2D eigenvalue weighted by atomic mass is 32.3. The summed E-state index contributed by atoms with van der Waals surface area (Å²) in [5.41, 5.74) is 0. The van der Waals surface area contributed by atoms with Crippen LogP contribution in [0.5, 0.6) is 0 Å². The molecule has 52 valence electrons. The lowest BCUT2D eigenvalue weighted by Crippen LogP contribution is -2.21. The highest BCUT2D eigenvalue weighted by Gasteiger charge is 2.07. The second-order valence-electron chi connectivity index (χ2n) is 1.74. The molecule has 0 unspecified atom stereocenters. The van der Waals surface area contributed by atoms with Gasteiger partial charge >= 0.3 is 0 Å². The van der Waals surface area contributed by atoms with Crippen molar-refractivity contribution >= 4 is 10.8 Å². The second-order valence-corrected chi connectivity index (χ2v) is 3.95. The van der Waals surface area contributed by atoms with Gasteiger partial charge in [0.25, 0.3) is 0 Å². The van der Waals surface area contributed by atoms with E-state index in [4.69, 9.17) is 9.11 Å². The van der Waals surface area contributed by atoms with Gasteiger partial charge in [-0.3, -0.25) is 9.11 Å². The smallest absolute Gasteiger partial charge is 0.0418 e. The van der Waals surface area contributed by atoms with Gasteiger partial charge < -0.3 is 0 Å². The lowest BCUT2D eigenvalue weighted by molar-refractivity contribution is 0.400. The molecule has 0 bridgehead atoms. The fraction of sp³-hybridized carbons (Fsp3) is 1.00. The van der Waals surface area contributed by atoms with E-state index in [0.29, 0.717) is 6.54 Å². The summed E-state index contributed by atoms with van der Waals surface area (Å²) >= 11 is 0. The van der Waals surface area contributed by atoms with Gasteiger partial charge in [0.1, 0.15) is 0 Å². The lowest BCUT2D eigenvalue weighted by Gasteiger charge is -2.35. The van der Waals surface area contributed by atoms with Crippen LogP contribution in [0.3, 0.4) is 0 Å². The van der Waals surface area contributed by atoms with E-state index in [0.717, 1.165) is 0 Å². The average Bonchev–Trinajstić information content (AvgIpc) is 1.62. The molecule has 0 aromatic heterocycles. The average molecular weight is 139 g/mol. The zero-order valence-corrected chi connectivity index (χ0v) is 6.27. The zero-order valence-electron chi connectivity index (χ0n) is 5.46. The molecule has 0 radical (unpaired) electrons. The van der Waals surface area contributed by atoms with Crippen LogP contribution >= 0.6 is 10.8 Å². The minimum Gasteiger partial charge on any atom is -0.286 e. The third-order valence-electron chi connectivity index (χ3n) is 1.04. The Bertz CT molecular complexity index is 70.9. The quantitative estimate of drug-likeness (QED) is 0.604. The monoisotopic (exact) mass is 139 g/mol. The van der Waals surface area contributed by atoms with Crippen LogP contribution in [0, 0.1) is 0 Å². The van der Waals surface area contributed by atoms with E-state index in [9.17, 15) is 0 Å². The van der Waals surface area contributed by atoms with Crippen molar-refractivity contribution in [2.24, 2.45) is 0 Å². The summed E-state index contributed by atoms with van der Waals surface area (Å²) < 4.78 is 19.2. The van der Waals surface area contributed by atoms with Crippen molar-refractivity contribution < 1.29 is 9.11 Å². The maximum atomic E-state index is 8.85. The van der Waals surface area contributed by atoms with Crippen LogP contribution in [-0.4, -0.2) is 33.3 Å². The van der Waals surface area contributed by atoms with Crippen molar-refractivity contribution in [3.63, 3.8) is 0 Å². The Hall–Kier alpha value is 0.230. The predicted octanol–water partition coefficient (Wildman–Crippen LogP) is 1.23. The summed E-state index contributed by atoms with van der Waals surface area (Å²) in [5, 5.41) is 0. The van der Waals surface area contributed by atoms with Crippen LogP contribution < -0.4 is 0 Å². The molecule has 0 aliphatic carbocycles. The van der Waals surface area contributed by atoms with Crippen molar-refractivity contribution in [1.82, 2.24) is 4.31 Å². The summed E-state index contributed by atoms with van der Waals surface area (Å²) in [6.07, 6.45) is 1.41. The molecule has 2 N–H and O–H groups in total. The molecule has 0 aliphatic heterocycles. The minimum absolute atomic E-state index is 0.666. The molecule has 0 aromatic carbocycles. The molecule has 0 rings (SSSR count). The van der Waals surface area contributed by atoms with E-state index < -0.39 is 10.8 Å². The third kappa shape index (κ3) is 2.52.